The molecule has 0 aromatic rings. The summed E-state index contributed by atoms with van der Waals surface area (Å²) >= 11 is 0. The van der Waals surface area contributed by atoms with E-state index < -0.39 is 8.32 Å². The van der Waals surface area contributed by atoms with E-state index in [9.17, 15) is 4.79 Å². The van der Waals surface area contributed by atoms with Gasteiger partial charge in [-0.05, 0) is 36.0 Å². The van der Waals surface area contributed by atoms with E-state index in [0.29, 0.717) is 18.3 Å². The van der Waals surface area contributed by atoms with E-state index in [0.717, 1.165) is 6.61 Å². The fraction of sp³-hybridized carbons (Fsp3) is 0.786. The summed E-state index contributed by atoms with van der Waals surface area (Å²) in [5.41, 5.74) is 0. The van der Waals surface area contributed by atoms with Gasteiger partial charge in [0.2, 0.25) is 0 Å². The predicted molar refractivity (Wildman–Crippen MR) is 74.6 cm³/mol. The predicted octanol–water partition coefficient (Wildman–Crippen LogP) is 3.79. The quantitative estimate of drug-likeness (QED) is 0.716. The van der Waals surface area contributed by atoms with Crippen LogP contribution in [0, 0.1) is 11.8 Å². The van der Waals surface area contributed by atoms with Gasteiger partial charge >= 0.3 is 0 Å². The number of carbonyl (C=O) groups excluding carboxylic acids is 1. The highest BCUT2D eigenvalue weighted by Gasteiger charge is 2.38. The Balaban J connectivity index is 2.57. The molecule has 1 rings (SSSR count). The van der Waals surface area contributed by atoms with Crippen molar-refractivity contribution in [3.05, 3.63) is 12.2 Å². The number of rotatable bonds is 3. The topological polar surface area (TPSA) is 26.3 Å². The molecular formula is C14H26O2Si. The summed E-state index contributed by atoms with van der Waals surface area (Å²) in [5, 5.41) is 0.241. The first kappa shape index (κ1) is 14.6. The van der Waals surface area contributed by atoms with Crippen LogP contribution >= 0.6 is 0 Å². The third-order valence-electron chi connectivity index (χ3n) is 4.26. The Morgan fingerprint density at radius 1 is 1.41 bits per heavy atom. The second-order valence-electron chi connectivity index (χ2n) is 6.72. The molecule has 0 aromatic heterocycles. The van der Waals surface area contributed by atoms with Crippen molar-refractivity contribution in [2.75, 3.05) is 6.61 Å². The monoisotopic (exact) mass is 254 g/mol. The smallest absolute Gasteiger partial charge is 0.191 e. The summed E-state index contributed by atoms with van der Waals surface area (Å²) in [6.45, 7) is 14.2. The fourth-order valence-electron chi connectivity index (χ4n) is 1.67. The Bertz CT molecular complexity index is 313. The largest absolute Gasteiger partial charge is 0.417 e. The van der Waals surface area contributed by atoms with Gasteiger partial charge in [-0.3, -0.25) is 4.79 Å². The summed E-state index contributed by atoms with van der Waals surface area (Å²) in [6.07, 6.45) is 4.38. The molecule has 0 N–H and O–H groups in total. The van der Waals surface area contributed by atoms with E-state index in [4.69, 9.17) is 4.43 Å². The molecule has 0 heterocycles. The molecule has 0 radical (unpaired) electrons. The van der Waals surface area contributed by atoms with Gasteiger partial charge < -0.3 is 4.43 Å². The fourth-order valence-corrected chi connectivity index (χ4v) is 2.73. The van der Waals surface area contributed by atoms with Crippen molar-refractivity contribution in [1.29, 1.82) is 0 Å². The molecule has 0 fully saturated rings. The number of hydrogen-bond acceptors (Lipinski definition) is 2. The normalized spacial score (nSPS) is 26.4. The molecule has 0 saturated heterocycles. The summed E-state index contributed by atoms with van der Waals surface area (Å²) in [4.78, 5) is 11.4. The summed E-state index contributed by atoms with van der Waals surface area (Å²) in [5.74, 6) is 1.06. The molecule has 1 aliphatic carbocycles. The van der Waals surface area contributed by atoms with Crippen molar-refractivity contribution in [2.45, 2.75) is 52.2 Å². The average molecular weight is 254 g/mol. The molecule has 0 bridgehead atoms. The second kappa shape index (κ2) is 5.07. The maximum absolute atomic E-state index is 11.4. The molecule has 0 unspecified atom stereocenters. The van der Waals surface area contributed by atoms with E-state index in [1.54, 1.807) is 6.08 Å². The van der Waals surface area contributed by atoms with Gasteiger partial charge in [0, 0.05) is 13.0 Å². The molecule has 0 saturated carbocycles. The van der Waals surface area contributed by atoms with Gasteiger partial charge in [0.25, 0.3) is 0 Å². The van der Waals surface area contributed by atoms with Gasteiger partial charge in [-0.15, -0.1) is 0 Å². The second-order valence-corrected chi connectivity index (χ2v) is 11.5. The van der Waals surface area contributed by atoms with E-state index in [1.165, 1.54) is 0 Å². The molecule has 2 atom stereocenters. The highest BCUT2D eigenvalue weighted by Crippen LogP contribution is 2.37. The Morgan fingerprint density at radius 3 is 2.53 bits per heavy atom. The molecule has 0 amide bonds. The van der Waals surface area contributed by atoms with Crippen molar-refractivity contribution < 1.29 is 9.22 Å². The maximum Gasteiger partial charge on any atom is 0.191 e. The highest BCUT2D eigenvalue weighted by atomic mass is 28.4. The SMILES string of the molecule is C[C@H]1C=CC(=O)C[C@H]1CO[Si](C)(C)C(C)(C)C. The lowest BCUT2D eigenvalue weighted by atomic mass is 9.85. The summed E-state index contributed by atoms with van der Waals surface area (Å²) in [7, 11) is -1.68. The van der Waals surface area contributed by atoms with Gasteiger partial charge in [0.05, 0.1) is 0 Å². The Hall–Kier alpha value is -0.413. The third-order valence-corrected chi connectivity index (χ3v) is 8.76. The zero-order valence-electron chi connectivity index (χ0n) is 12.0. The van der Waals surface area contributed by atoms with Crippen LogP contribution in [0.2, 0.25) is 18.1 Å². The minimum absolute atomic E-state index is 0.241. The third kappa shape index (κ3) is 3.78. The summed E-state index contributed by atoms with van der Waals surface area (Å²) < 4.78 is 6.20. The van der Waals surface area contributed by atoms with E-state index >= 15 is 0 Å². The van der Waals surface area contributed by atoms with Gasteiger partial charge in [0.15, 0.2) is 14.1 Å². The number of ketones is 1. The van der Waals surface area contributed by atoms with Crippen LogP contribution in [0.1, 0.15) is 34.1 Å². The number of carbonyl (C=O) groups is 1. The average Bonchev–Trinajstić information content (AvgIpc) is 2.18. The van der Waals surface area contributed by atoms with Crippen LogP contribution in [0.5, 0.6) is 0 Å². The first-order valence-electron chi connectivity index (χ1n) is 6.48. The number of allylic oxidation sites excluding steroid dienone is 2. The molecule has 3 heteroatoms. The minimum Gasteiger partial charge on any atom is -0.417 e. The first-order chi connectivity index (χ1) is 7.63. The lowest BCUT2D eigenvalue weighted by Crippen LogP contribution is -2.42. The van der Waals surface area contributed by atoms with Crippen molar-refractivity contribution in [1.82, 2.24) is 0 Å². The van der Waals surface area contributed by atoms with Gasteiger partial charge in [0.1, 0.15) is 0 Å². The van der Waals surface area contributed by atoms with Crippen molar-refractivity contribution in [3.8, 4) is 0 Å². The molecule has 2 nitrogen and oxygen atoms in total. The number of hydrogen-bond donors (Lipinski definition) is 0. The van der Waals surface area contributed by atoms with E-state index in [1.807, 2.05) is 6.08 Å². The van der Waals surface area contributed by atoms with Crippen LogP contribution in [0.25, 0.3) is 0 Å². The van der Waals surface area contributed by atoms with Gasteiger partial charge in [-0.2, -0.15) is 0 Å². The first-order valence-corrected chi connectivity index (χ1v) is 9.39. The lowest BCUT2D eigenvalue weighted by Gasteiger charge is -2.38. The standard InChI is InChI=1S/C14H26O2Si/c1-11-7-8-13(15)9-12(11)10-16-17(5,6)14(2,3)4/h7-8,11-12H,9-10H2,1-6H3/t11-,12-/m0/s1. The Morgan fingerprint density at radius 2 is 2.00 bits per heavy atom. The van der Waals surface area contributed by atoms with Crippen molar-refractivity contribution in [3.63, 3.8) is 0 Å². The van der Waals surface area contributed by atoms with Crippen LogP contribution in [0.4, 0.5) is 0 Å². The molecular weight excluding hydrogens is 228 g/mol. The zero-order chi connectivity index (χ0) is 13.3. The maximum atomic E-state index is 11.4. The van der Waals surface area contributed by atoms with Crippen LogP contribution in [0.3, 0.4) is 0 Å². The molecule has 0 aromatic carbocycles. The van der Waals surface area contributed by atoms with Crippen LogP contribution < -0.4 is 0 Å². The minimum atomic E-state index is -1.68. The lowest BCUT2D eigenvalue weighted by molar-refractivity contribution is -0.116. The van der Waals surface area contributed by atoms with Crippen molar-refractivity contribution >= 4 is 14.1 Å². The van der Waals surface area contributed by atoms with Gasteiger partial charge in [-0.25, -0.2) is 0 Å². The van der Waals surface area contributed by atoms with Gasteiger partial charge in [-0.1, -0.05) is 33.8 Å². The zero-order valence-corrected chi connectivity index (χ0v) is 13.0. The van der Waals surface area contributed by atoms with E-state index in [-0.39, 0.29) is 10.8 Å². The highest BCUT2D eigenvalue weighted by molar-refractivity contribution is 6.74. The van der Waals surface area contributed by atoms with Crippen LogP contribution in [0.15, 0.2) is 12.2 Å². The molecule has 17 heavy (non-hydrogen) atoms. The Labute approximate surface area is 107 Å². The van der Waals surface area contributed by atoms with Crippen LogP contribution in [-0.4, -0.2) is 20.7 Å². The van der Waals surface area contributed by atoms with Crippen LogP contribution in [-0.2, 0) is 9.22 Å². The van der Waals surface area contributed by atoms with E-state index in [2.05, 4.69) is 40.8 Å². The molecule has 98 valence electrons. The molecule has 1 aliphatic rings. The van der Waals surface area contributed by atoms with Crippen molar-refractivity contribution in [2.24, 2.45) is 11.8 Å². The molecule has 0 aliphatic heterocycles. The summed E-state index contributed by atoms with van der Waals surface area (Å²) in [6, 6.07) is 0. The Kier molecular flexibility index (Phi) is 4.36. The molecule has 0 spiro atoms.